The molecule has 0 radical (unpaired) electrons. The summed E-state index contributed by atoms with van der Waals surface area (Å²) in [6.45, 7) is 2.03. The SMILES string of the molecule is Cc1ccc(C2c3c(-c4ccc(Br)cc4)n[nH]c(=O)c3Nc3nnnn32)cc1. The summed E-state index contributed by atoms with van der Waals surface area (Å²) in [6.07, 6.45) is 0. The fraction of sp³-hybridized carbons (Fsp3) is 0.105. The summed E-state index contributed by atoms with van der Waals surface area (Å²) in [7, 11) is 0. The zero-order valence-corrected chi connectivity index (χ0v) is 16.3. The van der Waals surface area contributed by atoms with Crippen molar-refractivity contribution in [1.29, 1.82) is 0 Å². The van der Waals surface area contributed by atoms with Crippen LogP contribution in [0.4, 0.5) is 11.6 Å². The second kappa shape index (κ2) is 6.38. The lowest BCUT2D eigenvalue weighted by molar-refractivity contribution is 0.567. The van der Waals surface area contributed by atoms with Gasteiger partial charge in [-0.1, -0.05) is 63.0 Å². The van der Waals surface area contributed by atoms with Gasteiger partial charge < -0.3 is 5.32 Å². The van der Waals surface area contributed by atoms with Gasteiger partial charge in [-0.3, -0.25) is 4.79 Å². The number of aromatic amines is 1. The number of halogens is 1. The highest BCUT2D eigenvalue weighted by Crippen LogP contribution is 2.41. The predicted molar refractivity (Wildman–Crippen MR) is 108 cm³/mol. The van der Waals surface area contributed by atoms with Crippen LogP contribution in [0, 0.1) is 6.92 Å². The third-order valence-corrected chi connectivity index (χ3v) is 5.31. The van der Waals surface area contributed by atoms with Crippen molar-refractivity contribution in [3.63, 3.8) is 0 Å². The average Bonchev–Trinajstić information content (AvgIpc) is 3.17. The molecule has 3 heterocycles. The molecule has 0 bridgehead atoms. The number of rotatable bonds is 2. The molecule has 5 rings (SSSR count). The van der Waals surface area contributed by atoms with Gasteiger partial charge in [0.05, 0.1) is 5.69 Å². The van der Waals surface area contributed by atoms with Crippen molar-refractivity contribution in [2.75, 3.05) is 5.32 Å². The van der Waals surface area contributed by atoms with E-state index in [0.717, 1.165) is 26.7 Å². The number of hydrogen-bond donors (Lipinski definition) is 2. The Bertz CT molecular complexity index is 1230. The Labute approximate surface area is 167 Å². The van der Waals surface area contributed by atoms with Crippen molar-refractivity contribution in [3.05, 3.63) is 80.0 Å². The minimum Gasteiger partial charge on any atom is -0.318 e. The maximum absolute atomic E-state index is 12.6. The van der Waals surface area contributed by atoms with Crippen LogP contribution in [0.5, 0.6) is 0 Å². The highest BCUT2D eigenvalue weighted by Gasteiger charge is 2.34. The number of tetrazole rings is 1. The monoisotopic (exact) mass is 435 g/mol. The van der Waals surface area contributed by atoms with Gasteiger partial charge in [-0.25, -0.2) is 5.10 Å². The Morgan fingerprint density at radius 1 is 1.07 bits per heavy atom. The molecular formula is C19H14BrN7O. The Morgan fingerprint density at radius 2 is 1.82 bits per heavy atom. The highest BCUT2D eigenvalue weighted by molar-refractivity contribution is 9.10. The van der Waals surface area contributed by atoms with E-state index in [1.807, 2.05) is 55.5 Å². The third-order valence-electron chi connectivity index (χ3n) is 4.78. The number of aromatic nitrogens is 6. The van der Waals surface area contributed by atoms with Crippen molar-refractivity contribution < 1.29 is 0 Å². The summed E-state index contributed by atoms with van der Waals surface area (Å²) in [5, 5.41) is 22.0. The molecule has 1 atom stereocenters. The summed E-state index contributed by atoms with van der Waals surface area (Å²) in [4.78, 5) is 12.6. The van der Waals surface area contributed by atoms with Crippen LogP contribution in [0.25, 0.3) is 11.3 Å². The third kappa shape index (κ3) is 2.63. The van der Waals surface area contributed by atoms with Crippen molar-refractivity contribution in [2.45, 2.75) is 13.0 Å². The van der Waals surface area contributed by atoms with Crippen LogP contribution in [-0.4, -0.2) is 30.4 Å². The van der Waals surface area contributed by atoms with E-state index in [9.17, 15) is 4.79 Å². The minimum absolute atomic E-state index is 0.317. The summed E-state index contributed by atoms with van der Waals surface area (Å²) in [6, 6.07) is 15.5. The number of hydrogen-bond acceptors (Lipinski definition) is 6. The molecule has 2 aromatic heterocycles. The molecule has 138 valence electrons. The van der Waals surface area contributed by atoms with Crippen LogP contribution in [0.3, 0.4) is 0 Å². The average molecular weight is 436 g/mol. The van der Waals surface area contributed by atoms with Crippen LogP contribution in [0.2, 0.25) is 0 Å². The lowest BCUT2D eigenvalue weighted by Gasteiger charge is -2.27. The number of nitrogens with one attached hydrogen (secondary N) is 2. The number of nitrogens with zero attached hydrogens (tertiary/aromatic N) is 5. The first-order chi connectivity index (χ1) is 13.6. The van der Waals surface area contributed by atoms with Gasteiger partial charge in [0.15, 0.2) is 0 Å². The lowest BCUT2D eigenvalue weighted by Crippen LogP contribution is -2.29. The van der Waals surface area contributed by atoms with Gasteiger partial charge in [0.2, 0.25) is 5.95 Å². The molecule has 9 heteroatoms. The Morgan fingerprint density at radius 3 is 2.57 bits per heavy atom. The summed E-state index contributed by atoms with van der Waals surface area (Å²) >= 11 is 3.45. The molecule has 0 saturated carbocycles. The van der Waals surface area contributed by atoms with E-state index >= 15 is 0 Å². The van der Waals surface area contributed by atoms with Crippen LogP contribution in [0.15, 0.2) is 57.8 Å². The first-order valence-corrected chi connectivity index (χ1v) is 9.41. The molecule has 28 heavy (non-hydrogen) atoms. The quantitative estimate of drug-likeness (QED) is 0.441. The second-order valence-corrected chi connectivity index (χ2v) is 7.50. The Hall–Kier alpha value is -3.33. The van der Waals surface area contributed by atoms with Crippen LogP contribution >= 0.6 is 15.9 Å². The molecule has 0 amide bonds. The van der Waals surface area contributed by atoms with Crippen molar-refractivity contribution in [2.24, 2.45) is 0 Å². The molecular weight excluding hydrogens is 422 g/mol. The topological polar surface area (TPSA) is 101 Å². The smallest absolute Gasteiger partial charge is 0.288 e. The minimum atomic E-state index is -0.379. The first-order valence-electron chi connectivity index (χ1n) is 8.62. The molecule has 1 aliphatic rings. The maximum Gasteiger partial charge on any atom is 0.288 e. The van der Waals surface area contributed by atoms with Gasteiger partial charge in [0.25, 0.3) is 5.56 Å². The summed E-state index contributed by atoms with van der Waals surface area (Å²) in [5.74, 6) is 0.413. The predicted octanol–water partition coefficient (Wildman–Crippen LogP) is 3.19. The first kappa shape index (κ1) is 16.8. The fourth-order valence-corrected chi connectivity index (χ4v) is 3.69. The van der Waals surface area contributed by atoms with E-state index in [0.29, 0.717) is 17.3 Å². The molecule has 0 spiro atoms. The van der Waals surface area contributed by atoms with Crippen molar-refractivity contribution in [1.82, 2.24) is 30.4 Å². The van der Waals surface area contributed by atoms with Gasteiger partial charge in [-0.2, -0.15) is 9.78 Å². The van der Waals surface area contributed by atoms with Gasteiger partial charge in [-0.05, 0) is 35.0 Å². The van der Waals surface area contributed by atoms with Crippen molar-refractivity contribution >= 4 is 27.6 Å². The summed E-state index contributed by atoms with van der Waals surface area (Å²) in [5.41, 5.74) is 4.48. The molecule has 0 fully saturated rings. The maximum atomic E-state index is 12.6. The number of benzene rings is 2. The van der Waals surface area contributed by atoms with E-state index in [1.165, 1.54) is 0 Å². The van der Waals surface area contributed by atoms with Gasteiger partial charge in [0.1, 0.15) is 11.7 Å². The molecule has 8 nitrogen and oxygen atoms in total. The molecule has 1 aliphatic heterocycles. The van der Waals surface area contributed by atoms with Crippen LogP contribution in [0.1, 0.15) is 22.7 Å². The largest absolute Gasteiger partial charge is 0.318 e. The zero-order chi connectivity index (χ0) is 19.3. The Balaban J connectivity index is 1.81. The molecule has 4 aromatic rings. The normalized spacial score (nSPS) is 14.9. The van der Waals surface area contributed by atoms with Crippen LogP contribution in [-0.2, 0) is 0 Å². The van der Waals surface area contributed by atoms with E-state index < -0.39 is 0 Å². The van der Waals surface area contributed by atoms with Gasteiger partial charge in [0, 0.05) is 15.6 Å². The molecule has 0 aliphatic carbocycles. The van der Waals surface area contributed by atoms with E-state index in [4.69, 9.17) is 0 Å². The van der Waals surface area contributed by atoms with Gasteiger partial charge in [-0.15, -0.1) is 0 Å². The Kier molecular flexibility index (Phi) is 3.83. The van der Waals surface area contributed by atoms with Crippen molar-refractivity contribution in [3.8, 4) is 11.3 Å². The zero-order valence-electron chi connectivity index (χ0n) is 14.7. The standard InChI is InChI=1S/C19H14BrN7O/c1-10-2-4-12(5-3-10)17-14-15(11-6-8-13(20)9-7-11)22-23-18(28)16(14)21-19-24-25-26-27(17)19/h2-9,17H,1H3,(H,23,28)(H,21,24,26). The van der Waals surface area contributed by atoms with E-state index in [-0.39, 0.29) is 11.6 Å². The summed E-state index contributed by atoms with van der Waals surface area (Å²) < 4.78 is 2.64. The number of fused-ring (bicyclic) bond motifs is 2. The second-order valence-electron chi connectivity index (χ2n) is 6.58. The molecule has 2 aromatic carbocycles. The number of aryl methyl sites for hydroxylation is 1. The fourth-order valence-electron chi connectivity index (χ4n) is 3.42. The van der Waals surface area contributed by atoms with Gasteiger partial charge >= 0.3 is 0 Å². The molecule has 1 unspecified atom stereocenters. The van der Waals surface area contributed by atoms with Crippen LogP contribution < -0.4 is 10.9 Å². The molecule has 2 N–H and O–H groups in total. The molecule has 0 saturated heterocycles. The highest BCUT2D eigenvalue weighted by atomic mass is 79.9. The lowest BCUT2D eigenvalue weighted by atomic mass is 9.92. The number of H-pyrrole nitrogens is 1. The van der Waals surface area contributed by atoms with E-state index in [2.05, 4.69) is 47.0 Å². The van der Waals surface area contributed by atoms with E-state index in [1.54, 1.807) is 4.68 Å². The number of anilines is 2.